The van der Waals surface area contributed by atoms with Gasteiger partial charge in [-0.05, 0) is 26.0 Å². The number of nitrogens with zero attached hydrogens (tertiary/aromatic N) is 3. The van der Waals surface area contributed by atoms with Crippen molar-refractivity contribution in [2.75, 3.05) is 0 Å². The van der Waals surface area contributed by atoms with Crippen molar-refractivity contribution in [1.82, 2.24) is 14.2 Å². The summed E-state index contributed by atoms with van der Waals surface area (Å²) in [6, 6.07) is 6.26. The van der Waals surface area contributed by atoms with Crippen molar-refractivity contribution in [2.24, 2.45) is 0 Å². The minimum absolute atomic E-state index is 0.429. The van der Waals surface area contributed by atoms with Crippen LogP contribution in [0.1, 0.15) is 19.9 Å². The van der Waals surface area contributed by atoms with Crippen molar-refractivity contribution in [1.29, 1.82) is 0 Å². The van der Waals surface area contributed by atoms with Gasteiger partial charge in [0, 0.05) is 24.5 Å². The molecule has 0 amide bonds. The van der Waals surface area contributed by atoms with Crippen molar-refractivity contribution < 1.29 is 4.42 Å². The first kappa shape index (κ1) is 9.27. The van der Waals surface area contributed by atoms with E-state index in [1.807, 2.05) is 35.1 Å². The van der Waals surface area contributed by atoms with E-state index in [0.717, 1.165) is 17.1 Å². The molecule has 16 heavy (non-hydrogen) atoms. The van der Waals surface area contributed by atoms with Gasteiger partial charge in [0.25, 0.3) is 0 Å². The Bertz CT molecular complexity index is 601. The lowest BCUT2D eigenvalue weighted by Crippen LogP contribution is -1.97. The van der Waals surface area contributed by atoms with Gasteiger partial charge in [0.05, 0.1) is 6.26 Å². The molecule has 0 unspecified atom stereocenters. The van der Waals surface area contributed by atoms with E-state index >= 15 is 0 Å². The third kappa shape index (κ3) is 1.26. The molecule has 0 aliphatic heterocycles. The van der Waals surface area contributed by atoms with Gasteiger partial charge in [-0.2, -0.15) is 5.10 Å². The lowest BCUT2D eigenvalue weighted by molar-refractivity contribution is 0.579. The van der Waals surface area contributed by atoms with Crippen molar-refractivity contribution in [3.05, 3.63) is 36.9 Å². The van der Waals surface area contributed by atoms with E-state index in [-0.39, 0.29) is 0 Å². The first-order valence-electron chi connectivity index (χ1n) is 5.36. The Morgan fingerprint density at radius 2 is 2.19 bits per heavy atom. The molecule has 0 saturated heterocycles. The summed E-state index contributed by atoms with van der Waals surface area (Å²) in [6.45, 7) is 4.30. The van der Waals surface area contributed by atoms with Crippen LogP contribution in [0.4, 0.5) is 0 Å². The summed E-state index contributed by atoms with van der Waals surface area (Å²) < 4.78 is 9.39. The van der Waals surface area contributed by atoms with Crippen LogP contribution >= 0.6 is 0 Å². The lowest BCUT2D eigenvalue weighted by Gasteiger charge is -2.05. The standard InChI is InChI=1S/C12H13N3O/c1-9(2)14-5-6-15-12(14)8-10(13-15)11-4-3-7-16-11/h3-9H,1-2H3. The largest absolute Gasteiger partial charge is 0.463 e. The van der Waals surface area contributed by atoms with Gasteiger partial charge in [-0.15, -0.1) is 0 Å². The van der Waals surface area contributed by atoms with Crippen LogP contribution in [0, 0.1) is 0 Å². The highest BCUT2D eigenvalue weighted by atomic mass is 16.3. The molecule has 0 aliphatic carbocycles. The number of imidazole rings is 1. The normalized spacial score (nSPS) is 11.7. The molecule has 4 heteroatoms. The fraction of sp³-hybridized carbons (Fsp3) is 0.250. The number of hydrogen-bond donors (Lipinski definition) is 0. The Hall–Kier alpha value is -1.97. The first-order valence-corrected chi connectivity index (χ1v) is 5.36. The molecule has 0 saturated carbocycles. The average molecular weight is 215 g/mol. The Morgan fingerprint density at radius 1 is 1.31 bits per heavy atom. The Balaban J connectivity index is 2.17. The monoisotopic (exact) mass is 215 g/mol. The van der Waals surface area contributed by atoms with Crippen molar-refractivity contribution >= 4 is 5.65 Å². The Kier molecular flexibility index (Phi) is 1.89. The number of fused-ring (bicyclic) bond motifs is 1. The second-order valence-corrected chi connectivity index (χ2v) is 4.11. The van der Waals surface area contributed by atoms with E-state index in [1.165, 1.54) is 0 Å². The van der Waals surface area contributed by atoms with E-state index < -0.39 is 0 Å². The number of hydrogen-bond acceptors (Lipinski definition) is 2. The second kappa shape index (κ2) is 3.27. The predicted molar refractivity (Wildman–Crippen MR) is 61.3 cm³/mol. The zero-order valence-electron chi connectivity index (χ0n) is 9.29. The maximum atomic E-state index is 5.33. The third-order valence-corrected chi connectivity index (χ3v) is 2.68. The molecule has 4 nitrogen and oxygen atoms in total. The van der Waals surface area contributed by atoms with Crippen LogP contribution in [0.3, 0.4) is 0 Å². The van der Waals surface area contributed by atoms with Crippen molar-refractivity contribution in [3.8, 4) is 11.5 Å². The summed E-state index contributed by atoms with van der Waals surface area (Å²) in [4.78, 5) is 0. The molecule has 3 rings (SSSR count). The van der Waals surface area contributed by atoms with E-state index in [2.05, 4.69) is 23.5 Å². The summed E-state index contributed by atoms with van der Waals surface area (Å²) in [6.07, 6.45) is 5.66. The smallest absolute Gasteiger partial charge is 0.154 e. The lowest BCUT2D eigenvalue weighted by atomic mass is 10.3. The Labute approximate surface area is 93.1 Å². The average Bonchev–Trinajstić information content (AvgIpc) is 2.92. The molecule has 3 heterocycles. The second-order valence-electron chi connectivity index (χ2n) is 4.11. The van der Waals surface area contributed by atoms with E-state index in [1.54, 1.807) is 6.26 Å². The highest BCUT2D eigenvalue weighted by Gasteiger charge is 2.10. The van der Waals surface area contributed by atoms with E-state index in [9.17, 15) is 0 Å². The van der Waals surface area contributed by atoms with Crippen LogP contribution in [0.25, 0.3) is 17.1 Å². The van der Waals surface area contributed by atoms with E-state index in [4.69, 9.17) is 4.42 Å². The van der Waals surface area contributed by atoms with Gasteiger partial charge in [0.2, 0.25) is 0 Å². The van der Waals surface area contributed by atoms with Gasteiger partial charge < -0.3 is 8.98 Å². The third-order valence-electron chi connectivity index (χ3n) is 2.68. The minimum atomic E-state index is 0.429. The van der Waals surface area contributed by atoms with Crippen molar-refractivity contribution in [2.45, 2.75) is 19.9 Å². The summed E-state index contributed by atoms with van der Waals surface area (Å²) in [5.41, 5.74) is 1.96. The first-order chi connectivity index (χ1) is 7.75. The molecular weight excluding hydrogens is 202 g/mol. The fourth-order valence-electron chi connectivity index (χ4n) is 1.88. The van der Waals surface area contributed by atoms with Gasteiger partial charge in [-0.3, -0.25) is 0 Å². The molecular formula is C12H13N3O. The highest BCUT2D eigenvalue weighted by molar-refractivity contribution is 5.59. The maximum Gasteiger partial charge on any atom is 0.154 e. The summed E-state index contributed by atoms with van der Waals surface area (Å²) in [7, 11) is 0. The molecule has 0 N–H and O–H groups in total. The molecule has 82 valence electrons. The van der Waals surface area contributed by atoms with Crippen LogP contribution in [0.15, 0.2) is 41.3 Å². The zero-order valence-corrected chi connectivity index (χ0v) is 9.29. The van der Waals surface area contributed by atoms with Crippen LogP contribution in [0.2, 0.25) is 0 Å². The summed E-state index contributed by atoms with van der Waals surface area (Å²) in [5, 5.41) is 4.46. The van der Waals surface area contributed by atoms with Crippen LogP contribution < -0.4 is 0 Å². The molecule has 0 fully saturated rings. The molecule has 0 aromatic carbocycles. The number of aromatic nitrogens is 3. The topological polar surface area (TPSA) is 35.4 Å². The molecule has 3 aromatic heterocycles. The van der Waals surface area contributed by atoms with E-state index in [0.29, 0.717) is 6.04 Å². The molecule has 0 bridgehead atoms. The molecule has 0 atom stereocenters. The summed E-state index contributed by atoms with van der Waals surface area (Å²) >= 11 is 0. The van der Waals surface area contributed by atoms with Gasteiger partial charge >= 0.3 is 0 Å². The number of furan rings is 1. The predicted octanol–water partition coefficient (Wildman–Crippen LogP) is 2.98. The van der Waals surface area contributed by atoms with Crippen LogP contribution in [-0.2, 0) is 0 Å². The SMILES string of the molecule is CC(C)n1ccn2nc(-c3ccco3)cc12. The van der Waals surface area contributed by atoms with Gasteiger partial charge in [0.15, 0.2) is 5.76 Å². The summed E-state index contributed by atoms with van der Waals surface area (Å²) in [5.74, 6) is 0.805. The minimum Gasteiger partial charge on any atom is -0.463 e. The van der Waals surface area contributed by atoms with Crippen molar-refractivity contribution in [3.63, 3.8) is 0 Å². The number of rotatable bonds is 2. The fourth-order valence-corrected chi connectivity index (χ4v) is 1.88. The van der Waals surface area contributed by atoms with Gasteiger partial charge in [-0.1, -0.05) is 0 Å². The van der Waals surface area contributed by atoms with Gasteiger partial charge in [0.1, 0.15) is 11.3 Å². The maximum absolute atomic E-state index is 5.33. The Morgan fingerprint density at radius 3 is 2.88 bits per heavy atom. The quantitative estimate of drug-likeness (QED) is 0.658. The molecule has 3 aromatic rings. The zero-order chi connectivity index (χ0) is 11.1. The van der Waals surface area contributed by atoms with Gasteiger partial charge in [-0.25, -0.2) is 4.52 Å². The highest BCUT2D eigenvalue weighted by Crippen LogP contribution is 2.21. The van der Waals surface area contributed by atoms with Crippen LogP contribution in [-0.4, -0.2) is 14.2 Å². The molecule has 0 aliphatic rings. The molecule has 0 radical (unpaired) electrons. The van der Waals surface area contributed by atoms with Crippen LogP contribution in [0.5, 0.6) is 0 Å². The molecule has 0 spiro atoms.